The molecule has 0 aromatic carbocycles. The Hall–Kier alpha value is -0.820. The summed E-state index contributed by atoms with van der Waals surface area (Å²) in [4.78, 5) is 11.5. The van der Waals surface area contributed by atoms with Gasteiger partial charge in [-0.25, -0.2) is 0 Å². The number of piperidine rings is 1. The van der Waals surface area contributed by atoms with Crippen LogP contribution in [0.3, 0.4) is 0 Å². The predicted octanol–water partition coefficient (Wildman–Crippen LogP) is 1.46. The Morgan fingerprint density at radius 3 is 2.58 bits per heavy atom. The van der Waals surface area contributed by atoms with Gasteiger partial charge in [-0.3, -0.25) is 4.79 Å². The molecule has 0 aromatic rings. The Morgan fingerprint density at radius 2 is 2.00 bits per heavy atom. The maximum Gasteiger partial charge on any atom is 0.411 e. The third kappa shape index (κ3) is 7.37. The molecule has 0 aliphatic carbocycles. The number of carbonyl (C=O) groups excluding carboxylic acids is 1. The second-order valence-electron chi connectivity index (χ2n) is 5.26. The monoisotopic (exact) mass is 282 g/mol. The number of halogens is 3. The minimum absolute atomic E-state index is 0.0373. The van der Waals surface area contributed by atoms with Gasteiger partial charge < -0.3 is 15.4 Å². The minimum atomic E-state index is -4.33. The van der Waals surface area contributed by atoms with Crippen LogP contribution in [-0.4, -0.2) is 44.9 Å². The highest BCUT2D eigenvalue weighted by Gasteiger charge is 2.28. The van der Waals surface area contributed by atoms with E-state index in [0.717, 1.165) is 25.9 Å². The molecule has 1 aliphatic heterocycles. The lowest BCUT2D eigenvalue weighted by Gasteiger charge is -2.34. The molecule has 1 heterocycles. The summed E-state index contributed by atoms with van der Waals surface area (Å²) in [6, 6.07) is 0. The molecule has 0 spiro atoms. The van der Waals surface area contributed by atoms with E-state index in [4.69, 9.17) is 0 Å². The van der Waals surface area contributed by atoms with Crippen LogP contribution in [0.1, 0.15) is 26.2 Å². The van der Waals surface area contributed by atoms with Crippen molar-refractivity contribution < 1.29 is 22.7 Å². The molecular weight excluding hydrogens is 261 g/mol. The number of alkyl halides is 3. The summed E-state index contributed by atoms with van der Waals surface area (Å²) in [6.07, 6.45) is -2.40. The Morgan fingerprint density at radius 1 is 1.37 bits per heavy atom. The van der Waals surface area contributed by atoms with Crippen LogP contribution in [-0.2, 0) is 9.53 Å². The first-order chi connectivity index (χ1) is 8.81. The Balaban J connectivity index is 2.10. The molecule has 0 unspecified atom stereocenters. The van der Waals surface area contributed by atoms with E-state index in [1.807, 2.05) is 0 Å². The van der Waals surface area contributed by atoms with Crippen LogP contribution in [0.2, 0.25) is 0 Å². The first kappa shape index (κ1) is 16.2. The van der Waals surface area contributed by atoms with Gasteiger partial charge in [0.15, 0.2) is 0 Å². The van der Waals surface area contributed by atoms with Crippen molar-refractivity contribution in [1.29, 1.82) is 0 Å². The molecule has 1 fully saturated rings. The molecule has 1 saturated heterocycles. The number of ether oxygens (including phenoxy) is 1. The number of rotatable bonds is 6. The Bertz CT molecular complexity index is 289. The summed E-state index contributed by atoms with van der Waals surface area (Å²) in [5.74, 6) is -0.262. The number of carbonyl (C=O) groups is 1. The first-order valence-corrected chi connectivity index (χ1v) is 6.43. The molecule has 1 aliphatic rings. The number of amides is 1. The van der Waals surface area contributed by atoms with E-state index >= 15 is 0 Å². The van der Waals surface area contributed by atoms with Crippen molar-refractivity contribution in [3.8, 4) is 0 Å². The molecule has 0 atom stereocenters. The molecule has 19 heavy (non-hydrogen) atoms. The van der Waals surface area contributed by atoms with Gasteiger partial charge in [-0.1, -0.05) is 6.92 Å². The van der Waals surface area contributed by atoms with E-state index in [2.05, 4.69) is 22.3 Å². The van der Waals surface area contributed by atoms with E-state index in [-0.39, 0.29) is 24.3 Å². The van der Waals surface area contributed by atoms with Gasteiger partial charge in [-0.2, -0.15) is 13.2 Å². The topological polar surface area (TPSA) is 50.4 Å². The predicted molar refractivity (Wildman–Crippen MR) is 64.7 cm³/mol. The molecular formula is C12H21F3N2O2. The number of nitrogens with one attached hydrogen (secondary N) is 2. The van der Waals surface area contributed by atoms with Crippen molar-refractivity contribution in [2.45, 2.75) is 32.4 Å². The lowest BCUT2D eigenvalue weighted by atomic mass is 9.81. The van der Waals surface area contributed by atoms with E-state index in [1.54, 1.807) is 0 Å². The molecule has 7 heteroatoms. The van der Waals surface area contributed by atoms with E-state index in [1.165, 1.54) is 0 Å². The molecule has 0 aromatic heterocycles. The zero-order valence-corrected chi connectivity index (χ0v) is 11.1. The molecule has 0 saturated carbocycles. The van der Waals surface area contributed by atoms with Crippen LogP contribution in [0.25, 0.3) is 0 Å². The molecule has 4 nitrogen and oxygen atoms in total. The largest absolute Gasteiger partial charge is 0.411 e. The summed E-state index contributed by atoms with van der Waals surface area (Å²) in [6.45, 7) is 3.02. The van der Waals surface area contributed by atoms with Crippen LogP contribution in [0.5, 0.6) is 0 Å². The highest BCUT2D eigenvalue weighted by molar-refractivity contribution is 5.75. The second kappa shape index (κ2) is 7.09. The highest BCUT2D eigenvalue weighted by atomic mass is 19.4. The molecule has 112 valence electrons. The van der Waals surface area contributed by atoms with Crippen LogP contribution in [0.4, 0.5) is 13.2 Å². The van der Waals surface area contributed by atoms with Gasteiger partial charge in [-0.05, 0) is 31.3 Å². The van der Waals surface area contributed by atoms with Crippen molar-refractivity contribution in [2.24, 2.45) is 5.41 Å². The van der Waals surface area contributed by atoms with Gasteiger partial charge >= 0.3 is 6.18 Å². The summed E-state index contributed by atoms with van der Waals surface area (Å²) >= 11 is 0. The molecule has 0 bridgehead atoms. The zero-order valence-electron chi connectivity index (χ0n) is 11.1. The fourth-order valence-electron chi connectivity index (χ4n) is 1.96. The average Bonchev–Trinajstić information content (AvgIpc) is 2.32. The standard InChI is InChI=1S/C12H21F3N2O2/c1-11(3-5-16-6-4-11)8-17-10(18)2-7-19-9-12(13,14)15/h16H,2-9H2,1H3,(H,17,18). The third-order valence-corrected chi connectivity index (χ3v) is 3.26. The van der Waals surface area contributed by atoms with Gasteiger partial charge in [0.05, 0.1) is 6.61 Å². The fraction of sp³-hybridized carbons (Fsp3) is 0.917. The van der Waals surface area contributed by atoms with Crippen molar-refractivity contribution in [3.05, 3.63) is 0 Å². The van der Waals surface area contributed by atoms with Crippen LogP contribution in [0, 0.1) is 5.41 Å². The second-order valence-corrected chi connectivity index (χ2v) is 5.26. The third-order valence-electron chi connectivity index (χ3n) is 3.26. The number of hydrogen-bond acceptors (Lipinski definition) is 3. The van der Waals surface area contributed by atoms with Crippen LogP contribution in [0.15, 0.2) is 0 Å². The normalized spacial score (nSPS) is 19.2. The van der Waals surface area contributed by atoms with Crippen LogP contribution >= 0.6 is 0 Å². The maximum atomic E-state index is 11.8. The Labute approximate surface area is 111 Å². The minimum Gasteiger partial charge on any atom is -0.372 e. The maximum absolute atomic E-state index is 11.8. The van der Waals surface area contributed by atoms with Gasteiger partial charge in [0.1, 0.15) is 6.61 Å². The molecule has 2 N–H and O–H groups in total. The SMILES string of the molecule is CC1(CNC(=O)CCOCC(F)(F)F)CCNCC1. The summed E-state index contributed by atoms with van der Waals surface area (Å²) < 4.78 is 39.8. The zero-order chi connectivity index (χ0) is 14.4. The smallest absolute Gasteiger partial charge is 0.372 e. The van der Waals surface area contributed by atoms with E-state index < -0.39 is 12.8 Å². The molecule has 0 radical (unpaired) electrons. The van der Waals surface area contributed by atoms with E-state index in [9.17, 15) is 18.0 Å². The van der Waals surface area contributed by atoms with Crippen molar-refractivity contribution >= 4 is 5.91 Å². The summed E-state index contributed by atoms with van der Waals surface area (Å²) in [5.41, 5.74) is 0.0771. The fourth-order valence-corrected chi connectivity index (χ4v) is 1.96. The van der Waals surface area contributed by atoms with Gasteiger partial charge in [0.25, 0.3) is 0 Å². The first-order valence-electron chi connectivity index (χ1n) is 6.43. The molecule has 1 rings (SSSR count). The molecule has 1 amide bonds. The summed E-state index contributed by atoms with van der Waals surface area (Å²) in [5, 5.41) is 6.01. The van der Waals surface area contributed by atoms with Gasteiger partial charge in [-0.15, -0.1) is 0 Å². The van der Waals surface area contributed by atoms with Gasteiger partial charge in [0.2, 0.25) is 5.91 Å². The highest BCUT2D eigenvalue weighted by Crippen LogP contribution is 2.26. The van der Waals surface area contributed by atoms with Crippen molar-refractivity contribution in [2.75, 3.05) is 32.8 Å². The van der Waals surface area contributed by atoms with Crippen molar-refractivity contribution in [3.63, 3.8) is 0 Å². The average molecular weight is 282 g/mol. The lowest BCUT2D eigenvalue weighted by Crippen LogP contribution is -2.43. The Kier molecular flexibility index (Phi) is 6.06. The van der Waals surface area contributed by atoms with Crippen molar-refractivity contribution in [1.82, 2.24) is 10.6 Å². The van der Waals surface area contributed by atoms with Gasteiger partial charge in [0, 0.05) is 13.0 Å². The number of hydrogen-bond donors (Lipinski definition) is 2. The quantitative estimate of drug-likeness (QED) is 0.725. The lowest BCUT2D eigenvalue weighted by molar-refractivity contribution is -0.174. The van der Waals surface area contributed by atoms with Crippen LogP contribution < -0.4 is 10.6 Å². The summed E-state index contributed by atoms with van der Waals surface area (Å²) in [7, 11) is 0. The van der Waals surface area contributed by atoms with E-state index in [0.29, 0.717) is 6.54 Å².